The summed E-state index contributed by atoms with van der Waals surface area (Å²) < 4.78 is 2.77. The van der Waals surface area contributed by atoms with Gasteiger partial charge in [0.1, 0.15) is 12.1 Å². The SMILES string of the molecule is Cc1ccc2nc(NC(=O)C3CCN(c4ccc5nncn5n4)CC3)sc2c1. The maximum Gasteiger partial charge on any atom is 0.229 e. The van der Waals surface area contributed by atoms with Gasteiger partial charge in [-0.1, -0.05) is 17.4 Å². The third-order valence-electron chi connectivity index (χ3n) is 5.11. The Labute approximate surface area is 165 Å². The Morgan fingerprint density at radius 2 is 2.07 bits per heavy atom. The number of aromatic nitrogens is 5. The second-order valence-electron chi connectivity index (χ2n) is 7.07. The molecule has 1 fully saturated rings. The van der Waals surface area contributed by atoms with E-state index in [9.17, 15) is 4.79 Å². The lowest BCUT2D eigenvalue weighted by Crippen LogP contribution is -2.38. The predicted octanol–water partition coefficient (Wildman–Crippen LogP) is 2.90. The van der Waals surface area contributed by atoms with Crippen LogP contribution in [0.15, 0.2) is 36.7 Å². The van der Waals surface area contributed by atoms with Gasteiger partial charge in [-0.3, -0.25) is 4.79 Å². The summed E-state index contributed by atoms with van der Waals surface area (Å²) in [4.78, 5) is 19.4. The van der Waals surface area contributed by atoms with Gasteiger partial charge in [-0.15, -0.1) is 15.3 Å². The summed E-state index contributed by atoms with van der Waals surface area (Å²) >= 11 is 1.53. The molecule has 1 amide bonds. The smallest absolute Gasteiger partial charge is 0.229 e. The van der Waals surface area contributed by atoms with E-state index < -0.39 is 0 Å². The third kappa shape index (κ3) is 3.18. The summed E-state index contributed by atoms with van der Waals surface area (Å²) in [5, 5.41) is 16.1. The Bertz CT molecular complexity index is 1160. The quantitative estimate of drug-likeness (QED) is 0.576. The fourth-order valence-corrected chi connectivity index (χ4v) is 4.52. The van der Waals surface area contributed by atoms with Gasteiger partial charge < -0.3 is 10.2 Å². The average molecular weight is 393 g/mol. The largest absolute Gasteiger partial charge is 0.355 e. The van der Waals surface area contributed by atoms with Gasteiger partial charge in [0.05, 0.1) is 10.2 Å². The number of hydrogen-bond donors (Lipinski definition) is 1. The first-order chi connectivity index (χ1) is 13.7. The molecule has 4 heterocycles. The van der Waals surface area contributed by atoms with Crippen LogP contribution in [0.4, 0.5) is 10.9 Å². The summed E-state index contributed by atoms with van der Waals surface area (Å²) in [6.45, 7) is 3.64. The van der Waals surface area contributed by atoms with Crippen LogP contribution in [-0.4, -0.2) is 43.8 Å². The van der Waals surface area contributed by atoms with Gasteiger partial charge in [0.25, 0.3) is 0 Å². The lowest BCUT2D eigenvalue weighted by molar-refractivity contribution is -0.120. The van der Waals surface area contributed by atoms with E-state index in [4.69, 9.17) is 0 Å². The second-order valence-corrected chi connectivity index (χ2v) is 8.10. The second kappa shape index (κ2) is 6.83. The van der Waals surface area contributed by atoms with E-state index in [0.29, 0.717) is 5.13 Å². The van der Waals surface area contributed by atoms with Gasteiger partial charge in [-0.05, 0) is 49.6 Å². The highest BCUT2D eigenvalue weighted by Crippen LogP contribution is 2.28. The number of anilines is 2. The monoisotopic (exact) mass is 393 g/mol. The standard InChI is InChI=1S/C19H19N7OS/c1-12-2-3-14-15(10-12)28-19(21-14)22-18(27)13-6-8-25(9-7-13)17-5-4-16-23-20-11-26(16)24-17/h2-5,10-11,13H,6-9H2,1H3,(H,21,22,27). The Hall–Kier alpha value is -3.07. The number of nitrogens with zero attached hydrogens (tertiary/aromatic N) is 6. The lowest BCUT2D eigenvalue weighted by atomic mass is 9.96. The maximum absolute atomic E-state index is 12.7. The first-order valence-electron chi connectivity index (χ1n) is 9.26. The molecule has 0 bridgehead atoms. The van der Waals surface area contributed by atoms with E-state index in [0.717, 1.165) is 47.6 Å². The third-order valence-corrected chi connectivity index (χ3v) is 6.05. The Morgan fingerprint density at radius 1 is 1.21 bits per heavy atom. The maximum atomic E-state index is 12.7. The van der Waals surface area contributed by atoms with Crippen LogP contribution in [0, 0.1) is 12.8 Å². The van der Waals surface area contributed by atoms with Crippen LogP contribution >= 0.6 is 11.3 Å². The number of hydrogen-bond acceptors (Lipinski definition) is 7. The molecule has 0 saturated carbocycles. The molecule has 28 heavy (non-hydrogen) atoms. The summed E-state index contributed by atoms with van der Waals surface area (Å²) in [6, 6.07) is 9.99. The van der Waals surface area contributed by atoms with Crippen LogP contribution < -0.4 is 10.2 Å². The van der Waals surface area contributed by atoms with E-state index in [1.807, 2.05) is 24.3 Å². The van der Waals surface area contributed by atoms with Crippen molar-refractivity contribution < 1.29 is 4.79 Å². The minimum atomic E-state index is -0.0105. The van der Waals surface area contributed by atoms with E-state index in [2.05, 4.69) is 43.5 Å². The number of aryl methyl sites for hydroxylation is 1. The molecule has 0 spiro atoms. The molecular formula is C19H19N7OS. The minimum absolute atomic E-state index is 0.0105. The number of amides is 1. The zero-order valence-electron chi connectivity index (χ0n) is 15.4. The van der Waals surface area contributed by atoms with Gasteiger partial charge in [0.2, 0.25) is 5.91 Å². The number of nitrogens with one attached hydrogen (secondary N) is 1. The number of carbonyl (C=O) groups excluding carboxylic acids is 1. The van der Waals surface area contributed by atoms with E-state index in [-0.39, 0.29) is 11.8 Å². The van der Waals surface area contributed by atoms with Crippen molar-refractivity contribution in [3.05, 3.63) is 42.2 Å². The van der Waals surface area contributed by atoms with Crippen molar-refractivity contribution >= 4 is 44.1 Å². The molecule has 142 valence electrons. The molecule has 1 aromatic carbocycles. The molecule has 1 saturated heterocycles. The van der Waals surface area contributed by atoms with Crippen molar-refractivity contribution in [3.63, 3.8) is 0 Å². The van der Waals surface area contributed by atoms with Crippen LogP contribution in [0.5, 0.6) is 0 Å². The van der Waals surface area contributed by atoms with Crippen molar-refractivity contribution in [1.82, 2.24) is 24.8 Å². The molecule has 0 unspecified atom stereocenters. The Balaban J connectivity index is 1.23. The molecular weight excluding hydrogens is 374 g/mol. The summed E-state index contributed by atoms with van der Waals surface area (Å²) in [6.07, 6.45) is 3.17. The number of carbonyl (C=O) groups is 1. The molecule has 0 aliphatic carbocycles. The van der Waals surface area contributed by atoms with Gasteiger partial charge in [-0.2, -0.15) is 4.52 Å². The van der Waals surface area contributed by atoms with Crippen molar-refractivity contribution in [3.8, 4) is 0 Å². The highest BCUT2D eigenvalue weighted by molar-refractivity contribution is 7.22. The number of thiazole rings is 1. The number of rotatable bonds is 3. The van der Waals surface area contributed by atoms with Gasteiger partial charge in [-0.25, -0.2) is 4.98 Å². The molecule has 3 aromatic heterocycles. The van der Waals surface area contributed by atoms with Crippen LogP contribution in [-0.2, 0) is 4.79 Å². The zero-order valence-corrected chi connectivity index (χ0v) is 16.2. The van der Waals surface area contributed by atoms with Crippen LogP contribution in [0.25, 0.3) is 15.9 Å². The van der Waals surface area contributed by atoms with Crippen molar-refractivity contribution in [2.75, 3.05) is 23.3 Å². The fraction of sp³-hybridized carbons (Fsp3) is 0.316. The average Bonchev–Trinajstić information content (AvgIpc) is 3.33. The fourth-order valence-electron chi connectivity index (χ4n) is 3.55. The van der Waals surface area contributed by atoms with Gasteiger partial charge in [0.15, 0.2) is 10.8 Å². The molecule has 8 nitrogen and oxygen atoms in total. The summed E-state index contributed by atoms with van der Waals surface area (Å²) in [7, 11) is 0. The topological polar surface area (TPSA) is 88.3 Å². The molecule has 1 N–H and O–H groups in total. The van der Waals surface area contributed by atoms with Gasteiger partial charge in [0, 0.05) is 19.0 Å². The molecule has 0 atom stereocenters. The molecule has 1 aliphatic heterocycles. The van der Waals surface area contributed by atoms with Crippen molar-refractivity contribution in [2.45, 2.75) is 19.8 Å². The molecule has 0 radical (unpaired) electrons. The first-order valence-corrected chi connectivity index (χ1v) is 10.1. The highest BCUT2D eigenvalue weighted by Gasteiger charge is 2.26. The molecule has 1 aliphatic rings. The Morgan fingerprint density at radius 3 is 2.93 bits per heavy atom. The van der Waals surface area contributed by atoms with Crippen LogP contribution in [0.3, 0.4) is 0 Å². The molecule has 4 aromatic rings. The number of fused-ring (bicyclic) bond motifs is 2. The normalized spacial score (nSPS) is 15.4. The van der Waals surface area contributed by atoms with Crippen molar-refractivity contribution in [2.24, 2.45) is 5.92 Å². The lowest BCUT2D eigenvalue weighted by Gasteiger charge is -2.31. The number of piperidine rings is 1. The summed E-state index contributed by atoms with van der Waals surface area (Å²) in [5.74, 6) is 0.925. The predicted molar refractivity (Wildman–Crippen MR) is 109 cm³/mol. The molecule has 5 rings (SSSR count). The van der Waals surface area contributed by atoms with E-state index >= 15 is 0 Å². The first kappa shape index (κ1) is 17.1. The van der Waals surface area contributed by atoms with Crippen LogP contribution in [0.2, 0.25) is 0 Å². The molecule has 9 heteroatoms. The van der Waals surface area contributed by atoms with Crippen molar-refractivity contribution in [1.29, 1.82) is 0 Å². The summed E-state index contributed by atoms with van der Waals surface area (Å²) in [5.41, 5.74) is 2.85. The van der Waals surface area contributed by atoms with Crippen LogP contribution in [0.1, 0.15) is 18.4 Å². The van der Waals surface area contributed by atoms with E-state index in [1.165, 1.54) is 16.9 Å². The Kier molecular flexibility index (Phi) is 4.16. The number of benzene rings is 1. The highest BCUT2D eigenvalue weighted by atomic mass is 32.1. The minimum Gasteiger partial charge on any atom is -0.355 e. The van der Waals surface area contributed by atoms with E-state index in [1.54, 1.807) is 10.8 Å². The zero-order chi connectivity index (χ0) is 19.1. The van der Waals surface area contributed by atoms with Gasteiger partial charge >= 0.3 is 0 Å².